The van der Waals surface area contributed by atoms with E-state index in [4.69, 9.17) is 5.11 Å². The average Bonchev–Trinajstić information content (AvgIpc) is 2.67. The number of hydrogen-bond donors (Lipinski definition) is 2. The third-order valence-electron chi connectivity index (χ3n) is 2.55. The van der Waals surface area contributed by atoms with Crippen LogP contribution in [-0.2, 0) is 6.42 Å². The van der Waals surface area contributed by atoms with E-state index in [1.807, 2.05) is 6.07 Å². The smallest absolute Gasteiger partial charge is 0.343 e. The van der Waals surface area contributed by atoms with Gasteiger partial charge in [0, 0.05) is 0 Å². The first-order valence-electron chi connectivity index (χ1n) is 5.27. The van der Waals surface area contributed by atoms with Gasteiger partial charge in [-0.3, -0.25) is 9.89 Å². The van der Waals surface area contributed by atoms with Gasteiger partial charge in [0.1, 0.15) is 5.56 Å². The number of carboxylic acid groups (broad SMARTS) is 1. The van der Waals surface area contributed by atoms with Crippen molar-refractivity contribution in [2.24, 2.45) is 0 Å². The highest BCUT2D eigenvalue weighted by molar-refractivity contribution is 5.88. The topological polar surface area (TPSA) is 75.1 Å². The lowest BCUT2D eigenvalue weighted by Gasteiger charge is -1.99. The monoisotopic (exact) mass is 232 g/mol. The number of H-pyrrole nitrogens is 1. The molecule has 2 aromatic rings. The summed E-state index contributed by atoms with van der Waals surface area (Å²) in [5.74, 6) is -1.20. The summed E-state index contributed by atoms with van der Waals surface area (Å²) < 4.78 is 1.25. The van der Waals surface area contributed by atoms with Crippen LogP contribution < -0.4 is 5.56 Å². The highest BCUT2D eigenvalue weighted by atomic mass is 16.4. The Kier molecular flexibility index (Phi) is 2.82. The summed E-state index contributed by atoms with van der Waals surface area (Å²) in [6.07, 6.45) is 0.469. The van der Waals surface area contributed by atoms with Gasteiger partial charge in [-0.1, -0.05) is 25.1 Å². The number of aromatic nitrogens is 2. The summed E-state index contributed by atoms with van der Waals surface area (Å²) in [5, 5.41) is 11.8. The molecule has 17 heavy (non-hydrogen) atoms. The number of aryl methyl sites for hydroxylation is 1. The van der Waals surface area contributed by atoms with Crippen molar-refractivity contribution < 1.29 is 9.90 Å². The van der Waals surface area contributed by atoms with Crippen LogP contribution in [0.2, 0.25) is 0 Å². The first kappa shape index (κ1) is 11.2. The first-order valence-corrected chi connectivity index (χ1v) is 5.27. The fourth-order valence-electron chi connectivity index (χ4n) is 1.72. The Labute approximate surface area is 97.3 Å². The molecular weight excluding hydrogens is 220 g/mol. The molecule has 5 nitrogen and oxygen atoms in total. The van der Waals surface area contributed by atoms with Gasteiger partial charge in [-0.05, 0) is 18.6 Å². The van der Waals surface area contributed by atoms with Gasteiger partial charge >= 0.3 is 5.97 Å². The maximum absolute atomic E-state index is 11.9. The van der Waals surface area contributed by atoms with Gasteiger partial charge in [0.15, 0.2) is 0 Å². The number of hydrogen-bond acceptors (Lipinski definition) is 2. The number of aromatic carboxylic acids is 1. The number of nitrogens with one attached hydrogen (secondary N) is 1. The molecule has 0 saturated heterocycles. The van der Waals surface area contributed by atoms with Crippen molar-refractivity contribution in [3.8, 4) is 5.69 Å². The number of carbonyl (C=O) groups is 1. The second-order valence-corrected chi connectivity index (χ2v) is 3.60. The molecule has 0 saturated carbocycles. The minimum absolute atomic E-state index is 0.184. The summed E-state index contributed by atoms with van der Waals surface area (Å²) in [4.78, 5) is 23.0. The Morgan fingerprint density at radius 2 is 2.00 bits per heavy atom. The van der Waals surface area contributed by atoms with E-state index in [2.05, 4.69) is 5.10 Å². The minimum Gasteiger partial charge on any atom is -0.477 e. The standard InChI is InChI=1S/C12H12N2O3/c1-2-9-10(12(16)17)11(15)14(13-9)8-6-4-3-5-7-8/h3-7,13H,2H2,1H3,(H,16,17). The third kappa shape index (κ3) is 1.87. The van der Waals surface area contributed by atoms with Crippen molar-refractivity contribution in [2.45, 2.75) is 13.3 Å². The highest BCUT2D eigenvalue weighted by Crippen LogP contribution is 2.08. The van der Waals surface area contributed by atoms with Crippen molar-refractivity contribution in [3.63, 3.8) is 0 Å². The van der Waals surface area contributed by atoms with Gasteiger partial charge in [-0.15, -0.1) is 0 Å². The van der Waals surface area contributed by atoms with Crippen LogP contribution in [0.3, 0.4) is 0 Å². The van der Waals surface area contributed by atoms with E-state index in [0.717, 1.165) is 0 Å². The molecule has 1 aromatic carbocycles. The Balaban J connectivity index is 2.66. The van der Waals surface area contributed by atoms with Crippen molar-refractivity contribution in [1.82, 2.24) is 9.78 Å². The molecule has 0 aliphatic heterocycles. The lowest BCUT2D eigenvalue weighted by atomic mass is 10.2. The average molecular weight is 232 g/mol. The van der Waals surface area contributed by atoms with Crippen molar-refractivity contribution in [2.75, 3.05) is 0 Å². The quantitative estimate of drug-likeness (QED) is 0.840. The van der Waals surface area contributed by atoms with Crippen molar-refractivity contribution in [3.05, 3.63) is 51.9 Å². The summed E-state index contributed by atoms with van der Waals surface area (Å²) in [7, 11) is 0. The number of para-hydroxylation sites is 1. The second-order valence-electron chi connectivity index (χ2n) is 3.60. The predicted molar refractivity (Wildman–Crippen MR) is 62.7 cm³/mol. The van der Waals surface area contributed by atoms with Crippen LogP contribution >= 0.6 is 0 Å². The van der Waals surface area contributed by atoms with Crippen molar-refractivity contribution in [1.29, 1.82) is 0 Å². The first-order chi connectivity index (χ1) is 8.15. The molecule has 88 valence electrons. The van der Waals surface area contributed by atoms with Gasteiger partial charge in [0.25, 0.3) is 5.56 Å². The lowest BCUT2D eigenvalue weighted by Crippen LogP contribution is -2.20. The summed E-state index contributed by atoms with van der Waals surface area (Å²) in [5.41, 5.74) is 0.350. The second kappa shape index (κ2) is 4.29. The fourth-order valence-corrected chi connectivity index (χ4v) is 1.72. The van der Waals surface area contributed by atoms with Crippen LogP contribution in [0, 0.1) is 0 Å². The minimum atomic E-state index is -1.20. The van der Waals surface area contributed by atoms with Gasteiger partial charge in [0.05, 0.1) is 11.4 Å². The molecular formula is C12H12N2O3. The highest BCUT2D eigenvalue weighted by Gasteiger charge is 2.19. The zero-order valence-corrected chi connectivity index (χ0v) is 9.30. The van der Waals surface area contributed by atoms with Crippen LogP contribution in [0.15, 0.2) is 35.1 Å². The molecule has 0 bridgehead atoms. The molecule has 2 rings (SSSR count). The van der Waals surface area contributed by atoms with Crippen LogP contribution in [-0.4, -0.2) is 20.9 Å². The normalized spacial score (nSPS) is 10.4. The van der Waals surface area contributed by atoms with Crippen LogP contribution in [0.5, 0.6) is 0 Å². The molecule has 5 heteroatoms. The predicted octanol–water partition coefficient (Wildman–Crippen LogP) is 1.43. The van der Waals surface area contributed by atoms with E-state index in [1.165, 1.54) is 4.68 Å². The molecule has 0 spiro atoms. The van der Waals surface area contributed by atoms with Crippen LogP contribution in [0.1, 0.15) is 23.0 Å². The molecule has 1 aromatic heterocycles. The van der Waals surface area contributed by atoms with E-state index in [9.17, 15) is 9.59 Å². The lowest BCUT2D eigenvalue weighted by molar-refractivity contribution is 0.0694. The van der Waals surface area contributed by atoms with E-state index < -0.39 is 11.5 Å². The molecule has 0 atom stereocenters. The van der Waals surface area contributed by atoms with Gasteiger partial charge < -0.3 is 5.11 Å². The molecule has 0 aliphatic rings. The molecule has 1 heterocycles. The zero-order chi connectivity index (χ0) is 12.4. The molecule has 0 fully saturated rings. The maximum atomic E-state index is 11.9. The number of rotatable bonds is 3. The number of aromatic amines is 1. The van der Waals surface area contributed by atoms with Gasteiger partial charge in [-0.25, -0.2) is 9.48 Å². The third-order valence-corrected chi connectivity index (χ3v) is 2.55. The Bertz CT molecular complexity index is 596. The van der Waals surface area contributed by atoms with Gasteiger partial charge in [0.2, 0.25) is 0 Å². The molecule has 0 unspecified atom stereocenters. The Morgan fingerprint density at radius 1 is 1.35 bits per heavy atom. The SMILES string of the molecule is CCc1[nH]n(-c2ccccc2)c(=O)c1C(=O)O. The molecule has 0 radical (unpaired) electrons. The summed E-state index contributed by atoms with van der Waals surface area (Å²) in [6, 6.07) is 8.88. The number of carboxylic acids is 1. The number of benzene rings is 1. The van der Waals surface area contributed by atoms with E-state index in [-0.39, 0.29) is 5.56 Å². The maximum Gasteiger partial charge on any atom is 0.343 e. The Hall–Kier alpha value is -2.30. The van der Waals surface area contributed by atoms with Gasteiger partial charge in [-0.2, -0.15) is 0 Å². The Morgan fingerprint density at radius 3 is 2.47 bits per heavy atom. The molecule has 0 aliphatic carbocycles. The number of nitrogens with zero attached hydrogens (tertiary/aromatic N) is 1. The van der Waals surface area contributed by atoms with Crippen LogP contribution in [0.4, 0.5) is 0 Å². The summed E-state index contributed by atoms with van der Waals surface area (Å²) in [6.45, 7) is 1.80. The van der Waals surface area contributed by atoms with E-state index >= 15 is 0 Å². The van der Waals surface area contributed by atoms with Crippen molar-refractivity contribution >= 4 is 5.97 Å². The zero-order valence-electron chi connectivity index (χ0n) is 9.30. The summed E-state index contributed by atoms with van der Waals surface area (Å²) >= 11 is 0. The largest absolute Gasteiger partial charge is 0.477 e. The van der Waals surface area contributed by atoms with E-state index in [1.54, 1.807) is 31.2 Å². The van der Waals surface area contributed by atoms with E-state index in [0.29, 0.717) is 17.8 Å². The fraction of sp³-hybridized carbons (Fsp3) is 0.167. The molecule has 0 amide bonds. The molecule has 2 N–H and O–H groups in total. The van der Waals surface area contributed by atoms with Crippen LogP contribution in [0.25, 0.3) is 5.69 Å².